The molecule has 1 saturated carbocycles. The van der Waals surface area contributed by atoms with Gasteiger partial charge in [0.2, 0.25) is 0 Å². The van der Waals surface area contributed by atoms with Crippen molar-refractivity contribution in [1.82, 2.24) is 14.7 Å². The minimum absolute atomic E-state index is 0.00634. The van der Waals surface area contributed by atoms with Crippen LogP contribution in [-0.4, -0.2) is 33.2 Å². The molecular formula is C18H27N3O2. The monoisotopic (exact) mass is 317 g/mol. The quantitative estimate of drug-likeness (QED) is 0.858. The largest absolute Gasteiger partial charge is 0.334 e. The lowest BCUT2D eigenvalue weighted by atomic mass is 9.78. The Hall–Kier alpha value is -1.65. The maximum atomic E-state index is 12.9. The van der Waals surface area contributed by atoms with E-state index in [-0.39, 0.29) is 11.5 Å². The van der Waals surface area contributed by atoms with Crippen LogP contribution >= 0.6 is 0 Å². The SMILES string of the molecule is CCCCn1nc(C(=O)N2CCCC3CCCCC32)ccc1=O. The Labute approximate surface area is 137 Å². The zero-order chi connectivity index (χ0) is 16.2. The lowest BCUT2D eigenvalue weighted by Crippen LogP contribution is -2.50. The van der Waals surface area contributed by atoms with Crippen molar-refractivity contribution in [3.63, 3.8) is 0 Å². The van der Waals surface area contributed by atoms with Gasteiger partial charge in [0.05, 0.1) is 0 Å². The number of carbonyl (C=O) groups excluding carboxylic acids is 1. The number of likely N-dealkylation sites (tertiary alicyclic amines) is 1. The molecule has 5 nitrogen and oxygen atoms in total. The summed E-state index contributed by atoms with van der Waals surface area (Å²) in [6.45, 7) is 3.50. The van der Waals surface area contributed by atoms with E-state index in [1.807, 2.05) is 4.90 Å². The molecule has 0 spiro atoms. The first-order valence-electron chi connectivity index (χ1n) is 9.10. The van der Waals surface area contributed by atoms with Crippen molar-refractivity contribution in [1.29, 1.82) is 0 Å². The van der Waals surface area contributed by atoms with Crippen LogP contribution in [0.3, 0.4) is 0 Å². The second kappa shape index (κ2) is 7.28. The van der Waals surface area contributed by atoms with Gasteiger partial charge in [0.15, 0.2) is 0 Å². The van der Waals surface area contributed by atoms with E-state index in [2.05, 4.69) is 12.0 Å². The molecule has 1 aromatic heterocycles. The number of rotatable bonds is 4. The molecule has 3 rings (SSSR count). The Bertz CT molecular complexity index is 609. The first-order valence-corrected chi connectivity index (χ1v) is 9.10. The number of nitrogens with zero attached hydrogens (tertiary/aromatic N) is 3. The molecule has 1 aromatic rings. The molecule has 1 amide bonds. The number of fused-ring (bicyclic) bond motifs is 1. The van der Waals surface area contributed by atoms with Crippen LogP contribution in [0.4, 0.5) is 0 Å². The summed E-state index contributed by atoms with van der Waals surface area (Å²) in [6.07, 6.45) is 9.11. The maximum absolute atomic E-state index is 12.9. The molecule has 0 bridgehead atoms. The summed E-state index contributed by atoms with van der Waals surface area (Å²) in [5, 5.41) is 4.34. The van der Waals surface area contributed by atoms with Crippen LogP contribution in [-0.2, 0) is 6.54 Å². The molecule has 2 fully saturated rings. The van der Waals surface area contributed by atoms with Gasteiger partial charge in [0.1, 0.15) is 5.69 Å². The molecule has 2 atom stereocenters. The van der Waals surface area contributed by atoms with E-state index >= 15 is 0 Å². The second-order valence-corrected chi connectivity index (χ2v) is 6.89. The molecule has 2 heterocycles. The lowest BCUT2D eigenvalue weighted by Gasteiger charge is -2.44. The number of aromatic nitrogens is 2. The van der Waals surface area contributed by atoms with Crippen LogP contribution in [0.1, 0.15) is 68.8 Å². The van der Waals surface area contributed by atoms with Crippen LogP contribution in [0.25, 0.3) is 0 Å². The van der Waals surface area contributed by atoms with Crippen LogP contribution in [0, 0.1) is 5.92 Å². The van der Waals surface area contributed by atoms with Crippen molar-refractivity contribution in [2.45, 2.75) is 70.9 Å². The zero-order valence-electron chi connectivity index (χ0n) is 14.0. The number of carbonyl (C=O) groups is 1. The van der Waals surface area contributed by atoms with E-state index in [9.17, 15) is 9.59 Å². The number of hydrogen-bond acceptors (Lipinski definition) is 3. The van der Waals surface area contributed by atoms with Gasteiger partial charge < -0.3 is 4.90 Å². The number of amides is 1. The average Bonchev–Trinajstić information content (AvgIpc) is 2.60. The van der Waals surface area contributed by atoms with Crippen LogP contribution in [0.15, 0.2) is 16.9 Å². The highest BCUT2D eigenvalue weighted by Crippen LogP contribution is 2.35. The molecule has 0 radical (unpaired) electrons. The highest BCUT2D eigenvalue weighted by Gasteiger charge is 2.36. The number of aryl methyl sites for hydroxylation is 1. The number of unbranched alkanes of at least 4 members (excludes halogenated alkanes) is 1. The maximum Gasteiger partial charge on any atom is 0.274 e. The van der Waals surface area contributed by atoms with Gasteiger partial charge in [0.25, 0.3) is 11.5 Å². The van der Waals surface area contributed by atoms with Gasteiger partial charge in [0, 0.05) is 25.2 Å². The Morgan fingerprint density at radius 1 is 1.22 bits per heavy atom. The van der Waals surface area contributed by atoms with Crippen molar-refractivity contribution in [2.75, 3.05) is 6.54 Å². The standard InChI is InChI=1S/C18H27N3O2/c1-2-3-13-21-17(22)11-10-15(19-21)18(23)20-12-6-8-14-7-4-5-9-16(14)20/h10-11,14,16H,2-9,12-13H2,1H3. The summed E-state index contributed by atoms with van der Waals surface area (Å²) in [6, 6.07) is 3.46. The lowest BCUT2D eigenvalue weighted by molar-refractivity contribution is 0.0382. The molecular weight excluding hydrogens is 290 g/mol. The zero-order valence-corrected chi connectivity index (χ0v) is 14.0. The topological polar surface area (TPSA) is 55.2 Å². The van der Waals surface area contributed by atoms with Crippen LogP contribution in [0.2, 0.25) is 0 Å². The number of piperidine rings is 1. The van der Waals surface area contributed by atoms with E-state index in [0.717, 1.165) is 32.2 Å². The second-order valence-electron chi connectivity index (χ2n) is 6.89. The third-order valence-electron chi connectivity index (χ3n) is 5.31. The van der Waals surface area contributed by atoms with Crippen LogP contribution < -0.4 is 5.56 Å². The fraction of sp³-hybridized carbons (Fsp3) is 0.722. The number of hydrogen-bond donors (Lipinski definition) is 0. The minimum Gasteiger partial charge on any atom is -0.334 e. The predicted octanol–water partition coefficient (Wildman–Crippen LogP) is 2.84. The minimum atomic E-state index is -0.121. The Kier molecular flexibility index (Phi) is 5.13. The Morgan fingerprint density at radius 3 is 2.83 bits per heavy atom. The van der Waals surface area contributed by atoms with Gasteiger partial charge in [-0.25, -0.2) is 4.68 Å². The highest BCUT2D eigenvalue weighted by molar-refractivity contribution is 5.92. The molecule has 126 valence electrons. The van der Waals surface area contributed by atoms with E-state index in [0.29, 0.717) is 24.2 Å². The Balaban J connectivity index is 1.80. The molecule has 2 aliphatic rings. The Morgan fingerprint density at radius 2 is 2.00 bits per heavy atom. The van der Waals surface area contributed by atoms with E-state index in [1.54, 1.807) is 6.07 Å². The van der Waals surface area contributed by atoms with E-state index in [1.165, 1.54) is 36.4 Å². The van der Waals surface area contributed by atoms with Crippen molar-refractivity contribution < 1.29 is 4.79 Å². The fourth-order valence-corrected chi connectivity index (χ4v) is 4.06. The van der Waals surface area contributed by atoms with Gasteiger partial charge in [-0.05, 0) is 44.1 Å². The molecule has 1 aliphatic carbocycles. The third-order valence-corrected chi connectivity index (χ3v) is 5.31. The fourth-order valence-electron chi connectivity index (χ4n) is 4.06. The third kappa shape index (κ3) is 3.48. The summed E-state index contributed by atoms with van der Waals surface area (Å²) in [5.41, 5.74) is 0.302. The summed E-state index contributed by atoms with van der Waals surface area (Å²) in [5.74, 6) is 0.666. The molecule has 2 unspecified atom stereocenters. The van der Waals surface area contributed by atoms with Crippen molar-refractivity contribution in [2.24, 2.45) is 5.92 Å². The van der Waals surface area contributed by atoms with Crippen molar-refractivity contribution in [3.05, 3.63) is 28.2 Å². The van der Waals surface area contributed by atoms with Gasteiger partial charge in [-0.15, -0.1) is 0 Å². The summed E-state index contributed by atoms with van der Waals surface area (Å²) < 4.78 is 1.44. The molecule has 1 aliphatic heterocycles. The first-order chi connectivity index (χ1) is 11.2. The molecule has 23 heavy (non-hydrogen) atoms. The van der Waals surface area contributed by atoms with Gasteiger partial charge in [-0.3, -0.25) is 9.59 Å². The van der Waals surface area contributed by atoms with Crippen molar-refractivity contribution in [3.8, 4) is 0 Å². The first kappa shape index (κ1) is 16.2. The summed E-state index contributed by atoms with van der Waals surface area (Å²) in [4.78, 5) is 26.9. The molecule has 1 saturated heterocycles. The molecule has 0 aromatic carbocycles. The van der Waals surface area contributed by atoms with Crippen LogP contribution in [0.5, 0.6) is 0 Å². The highest BCUT2D eigenvalue weighted by atomic mass is 16.2. The summed E-state index contributed by atoms with van der Waals surface area (Å²) in [7, 11) is 0. The van der Waals surface area contributed by atoms with Gasteiger partial charge >= 0.3 is 0 Å². The van der Waals surface area contributed by atoms with Gasteiger partial charge in [-0.2, -0.15) is 5.10 Å². The summed E-state index contributed by atoms with van der Waals surface area (Å²) >= 11 is 0. The molecule has 0 N–H and O–H groups in total. The predicted molar refractivity (Wildman–Crippen MR) is 89.4 cm³/mol. The van der Waals surface area contributed by atoms with Gasteiger partial charge in [-0.1, -0.05) is 26.2 Å². The van der Waals surface area contributed by atoms with E-state index in [4.69, 9.17) is 0 Å². The smallest absolute Gasteiger partial charge is 0.274 e. The average molecular weight is 317 g/mol. The van der Waals surface area contributed by atoms with E-state index < -0.39 is 0 Å². The molecule has 5 heteroatoms. The van der Waals surface area contributed by atoms with Crippen molar-refractivity contribution >= 4 is 5.91 Å². The normalized spacial score (nSPS) is 24.3.